The van der Waals surface area contributed by atoms with E-state index in [4.69, 9.17) is 10.5 Å². The Kier molecular flexibility index (Phi) is 5.29. The molecule has 0 atom stereocenters. The molecule has 0 radical (unpaired) electrons. The molecule has 1 spiro atoms. The average Bonchev–Trinajstić information content (AvgIpc) is 3.23. The molecule has 0 bridgehead atoms. The number of pyridine rings is 1. The highest BCUT2D eigenvalue weighted by Crippen LogP contribution is 2.41. The summed E-state index contributed by atoms with van der Waals surface area (Å²) < 4.78 is 7.25. The van der Waals surface area contributed by atoms with E-state index in [-0.39, 0.29) is 5.95 Å². The number of aryl methyl sites for hydroxylation is 1. The average molecular weight is 470 g/mol. The van der Waals surface area contributed by atoms with Crippen LogP contribution >= 0.6 is 0 Å². The second-order valence-corrected chi connectivity index (χ2v) is 9.26. The predicted octanol–water partition coefficient (Wildman–Crippen LogP) is 3.28. The molecular formula is C25H27N9O. The Bertz CT molecular complexity index is 1320. The highest BCUT2D eigenvalue weighted by Gasteiger charge is 2.44. The molecule has 35 heavy (non-hydrogen) atoms. The van der Waals surface area contributed by atoms with E-state index in [9.17, 15) is 0 Å². The molecule has 178 valence electrons. The zero-order valence-corrected chi connectivity index (χ0v) is 19.6. The molecule has 10 nitrogen and oxygen atoms in total. The minimum Gasteiger partial charge on any atom is -0.381 e. The number of ether oxygens (including phenoxy) is 1. The molecule has 0 aliphatic carbocycles. The second kappa shape index (κ2) is 8.62. The van der Waals surface area contributed by atoms with Crippen LogP contribution in [-0.2, 0) is 11.8 Å². The molecule has 6 rings (SSSR count). The van der Waals surface area contributed by atoms with Gasteiger partial charge in [-0.05, 0) is 43.2 Å². The smallest absolute Gasteiger partial charge is 0.225 e. The van der Waals surface area contributed by atoms with Gasteiger partial charge in [0.15, 0.2) is 5.82 Å². The quantitative estimate of drug-likeness (QED) is 0.454. The zero-order chi connectivity index (χ0) is 23.8. The molecule has 3 aromatic heterocycles. The van der Waals surface area contributed by atoms with Crippen LogP contribution in [0.4, 0.5) is 23.4 Å². The van der Waals surface area contributed by atoms with Crippen molar-refractivity contribution in [2.45, 2.75) is 12.8 Å². The topological polar surface area (TPSA) is 120 Å². The van der Waals surface area contributed by atoms with Gasteiger partial charge in [-0.3, -0.25) is 0 Å². The van der Waals surface area contributed by atoms with Crippen molar-refractivity contribution in [2.24, 2.45) is 12.5 Å². The minimum absolute atomic E-state index is 0.256. The largest absolute Gasteiger partial charge is 0.381 e. The third-order valence-electron chi connectivity index (χ3n) is 6.81. The van der Waals surface area contributed by atoms with Gasteiger partial charge in [-0.25, -0.2) is 19.6 Å². The lowest BCUT2D eigenvalue weighted by Crippen LogP contribution is -2.58. The van der Waals surface area contributed by atoms with Crippen molar-refractivity contribution in [3.63, 3.8) is 0 Å². The first-order valence-electron chi connectivity index (χ1n) is 11.7. The van der Waals surface area contributed by atoms with Crippen molar-refractivity contribution in [3.8, 4) is 22.6 Å². The molecule has 0 saturated carbocycles. The first-order valence-corrected chi connectivity index (χ1v) is 11.7. The second-order valence-electron chi connectivity index (χ2n) is 9.26. The molecule has 5 heterocycles. The first-order chi connectivity index (χ1) is 17.1. The van der Waals surface area contributed by atoms with Gasteiger partial charge in [0, 0.05) is 68.0 Å². The summed E-state index contributed by atoms with van der Waals surface area (Å²) in [4.78, 5) is 19.9. The minimum atomic E-state index is 0.256. The lowest BCUT2D eigenvalue weighted by atomic mass is 9.73. The first kappa shape index (κ1) is 21.5. The molecule has 10 heteroatoms. The van der Waals surface area contributed by atoms with E-state index in [0.29, 0.717) is 17.2 Å². The van der Waals surface area contributed by atoms with Crippen LogP contribution in [0.15, 0.2) is 54.9 Å². The normalized spacial score (nSPS) is 16.8. The van der Waals surface area contributed by atoms with E-state index >= 15 is 0 Å². The van der Waals surface area contributed by atoms with Crippen molar-refractivity contribution < 1.29 is 4.74 Å². The van der Waals surface area contributed by atoms with Gasteiger partial charge in [-0.2, -0.15) is 4.98 Å². The highest BCUT2D eigenvalue weighted by molar-refractivity contribution is 5.66. The fourth-order valence-corrected chi connectivity index (χ4v) is 4.76. The molecule has 3 N–H and O–H groups in total. The Morgan fingerprint density at radius 2 is 1.71 bits per heavy atom. The Labute approximate surface area is 203 Å². The summed E-state index contributed by atoms with van der Waals surface area (Å²) in [6.45, 7) is 3.87. The monoisotopic (exact) mass is 469 g/mol. The van der Waals surface area contributed by atoms with Crippen molar-refractivity contribution in [3.05, 3.63) is 54.9 Å². The SMILES string of the molecule is Cn1nc(-c2ccc(N3CC4(CCOCC4)C3)nc2)nc1Nc1ccc(-c2ccnc(N)n2)cc1. The van der Waals surface area contributed by atoms with E-state index in [1.807, 2.05) is 49.6 Å². The number of nitrogens with two attached hydrogens (primary N) is 1. The van der Waals surface area contributed by atoms with Gasteiger partial charge in [0.25, 0.3) is 0 Å². The van der Waals surface area contributed by atoms with E-state index in [0.717, 1.165) is 67.5 Å². The summed E-state index contributed by atoms with van der Waals surface area (Å²) in [6.07, 6.45) is 5.80. The molecule has 2 fully saturated rings. The number of benzene rings is 1. The van der Waals surface area contributed by atoms with Gasteiger partial charge in [0.1, 0.15) is 5.82 Å². The van der Waals surface area contributed by atoms with Crippen LogP contribution in [0.25, 0.3) is 22.6 Å². The number of nitrogens with zero attached hydrogens (tertiary/aromatic N) is 7. The lowest BCUT2D eigenvalue weighted by molar-refractivity contribution is -0.000451. The summed E-state index contributed by atoms with van der Waals surface area (Å²) in [5.41, 5.74) is 9.63. The van der Waals surface area contributed by atoms with Crippen LogP contribution in [0.1, 0.15) is 12.8 Å². The van der Waals surface area contributed by atoms with Crippen LogP contribution < -0.4 is 16.0 Å². The molecule has 0 unspecified atom stereocenters. The standard InChI is InChI=1S/C25H27N9O/c1-33-24(29-19-5-2-17(3-6-19)20-8-11-27-23(26)30-20)31-22(32-33)18-4-7-21(28-14-18)34-15-25(16-34)9-12-35-13-10-25/h2-8,11,14H,9-10,12-13,15-16H2,1H3,(H2,26,27,30)(H,29,31,32). The molecule has 0 amide bonds. The summed E-state index contributed by atoms with van der Waals surface area (Å²) >= 11 is 0. The molecule has 1 aromatic carbocycles. The number of nitrogen functional groups attached to an aromatic ring is 1. The predicted molar refractivity (Wildman–Crippen MR) is 134 cm³/mol. The van der Waals surface area contributed by atoms with E-state index in [2.05, 4.69) is 41.3 Å². The van der Waals surface area contributed by atoms with Crippen molar-refractivity contribution in [2.75, 3.05) is 42.3 Å². The Morgan fingerprint density at radius 3 is 2.43 bits per heavy atom. The van der Waals surface area contributed by atoms with Crippen LogP contribution in [0, 0.1) is 5.41 Å². The maximum Gasteiger partial charge on any atom is 0.225 e. The number of rotatable bonds is 5. The highest BCUT2D eigenvalue weighted by atomic mass is 16.5. The fraction of sp³-hybridized carbons (Fsp3) is 0.320. The maximum atomic E-state index is 5.69. The molecule has 2 saturated heterocycles. The van der Waals surface area contributed by atoms with Crippen LogP contribution in [0.2, 0.25) is 0 Å². The van der Waals surface area contributed by atoms with Gasteiger partial charge in [0.2, 0.25) is 11.9 Å². The van der Waals surface area contributed by atoms with E-state index in [1.165, 1.54) is 0 Å². The Morgan fingerprint density at radius 1 is 0.943 bits per heavy atom. The number of anilines is 4. The van der Waals surface area contributed by atoms with E-state index < -0.39 is 0 Å². The third-order valence-corrected chi connectivity index (χ3v) is 6.81. The van der Waals surface area contributed by atoms with Crippen LogP contribution in [-0.4, -0.2) is 56.0 Å². The maximum absolute atomic E-state index is 5.69. The zero-order valence-electron chi connectivity index (χ0n) is 19.6. The molecule has 2 aliphatic heterocycles. The molecule has 4 aromatic rings. The molecular weight excluding hydrogens is 442 g/mol. The summed E-state index contributed by atoms with van der Waals surface area (Å²) in [5.74, 6) is 2.54. The number of hydrogen-bond donors (Lipinski definition) is 2. The third kappa shape index (κ3) is 4.28. The Balaban J connectivity index is 1.12. The molecule has 2 aliphatic rings. The van der Waals surface area contributed by atoms with Crippen LogP contribution in [0.3, 0.4) is 0 Å². The Hall–Kier alpha value is -4.05. The lowest BCUT2D eigenvalue weighted by Gasteiger charge is -2.52. The number of nitrogens with one attached hydrogen (secondary N) is 1. The van der Waals surface area contributed by atoms with Gasteiger partial charge >= 0.3 is 0 Å². The summed E-state index contributed by atoms with van der Waals surface area (Å²) in [7, 11) is 1.87. The van der Waals surface area contributed by atoms with Gasteiger partial charge in [0.05, 0.1) is 5.69 Å². The van der Waals surface area contributed by atoms with Crippen molar-refractivity contribution in [1.82, 2.24) is 29.7 Å². The number of aromatic nitrogens is 6. The van der Waals surface area contributed by atoms with Crippen LogP contribution in [0.5, 0.6) is 0 Å². The van der Waals surface area contributed by atoms with Gasteiger partial charge in [-0.1, -0.05) is 12.1 Å². The summed E-state index contributed by atoms with van der Waals surface area (Å²) in [5, 5.41) is 7.90. The van der Waals surface area contributed by atoms with E-state index in [1.54, 1.807) is 10.9 Å². The van der Waals surface area contributed by atoms with Crippen molar-refractivity contribution >= 4 is 23.4 Å². The van der Waals surface area contributed by atoms with Gasteiger partial charge < -0.3 is 20.7 Å². The number of hydrogen-bond acceptors (Lipinski definition) is 9. The summed E-state index contributed by atoms with van der Waals surface area (Å²) in [6, 6.07) is 13.8. The van der Waals surface area contributed by atoms with Crippen molar-refractivity contribution in [1.29, 1.82) is 0 Å². The van der Waals surface area contributed by atoms with Gasteiger partial charge in [-0.15, -0.1) is 5.10 Å². The fourth-order valence-electron chi connectivity index (χ4n) is 4.76.